The number of anilines is 1. The lowest BCUT2D eigenvalue weighted by Gasteiger charge is -2.08. The van der Waals surface area contributed by atoms with Gasteiger partial charge in [-0.3, -0.25) is 4.68 Å². The Bertz CT molecular complexity index is 567. The molecule has 96 valence electrons. The molecule has 0 aliphatic heterocycles. The van der Waals surface area contributed by atoms with Crippen LogP contribution in [0.15, 0.2) is 18.2 Å². The van der Waals surface area contributed by atoms with E-state index in [2.05, 4.69) is 44.1 Å². The topological polar surface area (TPSA) is 43.8 Å². The molecular formula is C15H21N3. The van der Waals surface area contributed by atoms with Crippen molar-refractivity contribution in [3.63, 3.8) is 0 Å². The Morgan fingerprint density at radius 3 is 2.67 bits per heavy atom. The maximum atomic E-state index is 6.12. The summed E-state index contributed by atoms with van der Waals surface area (Å²) >= 11 is 0. The number of nitrogen functional groups attached to an aromatic ring is 1. The van der Waals surface area contributed by atoms with Crippen molar-refractivity contribution in [1.82, 2.24) is 9.78 Å². The van der Waals surface area contributed by atoms with E-state index >= 15 is 0 Å². The molecule has 0 aliphatic carbocycles. The zero-order chi connectivity index (χ0) is 13.3. The van der Waals surface area contributed by atoms with Gasteiger partial charge in [-0.15, -0.1) is 0 Å². The van der Waals surface area contributed by atoms with Gasteiger partial charge < -0.3 is 5.73 Å². The van der Waals surface area contributed by atoms with Crippen LogP contribution in [0.25, 0.3) is 11.3 Å². The molecule has 2 N–H and O–H groups in total. The van der Waals surface area contributed by atoms with Crippen molar-refractivity contribution < 1.29 is 0 Å². The van der Waals surface area contributed by atoms with E-state index in [1.54, 1.807) is 4.68 Å². The van der Waals surface area contributed by atoms with Crippen molar-refractivity contribution in [3.05, 3.63) is 34.9 Å². The molecule has 2 rings (SSSR count). The molecule has 1 aromatic heterocycles. The van der Waals surface area contributed by atoms with Gasteiger partial charge in [-0.1, -0.05) is 31.5 Å². The average Bonchev–Trinajstić information content (AvgIpc) is 2.61. The minimum atomic E-state index is 0.785. The maximum Gasteiger partial charge on any atom is 0.125 e. The van der Waals surface area contributed by atoms with E-state index in [0.717, 1.165) is 24.4 Å². The van der Waals surface area contributed by atoms with Crippen molar-refractivity contribution >= 4 is 5.82 Å². The number of hydrogen-bond acceptors (Lipinski definition) is 2. The van der Waals surface area contributed by atoms with Crippen LogP contribution < -0.4 is 5.73 Å². The first-order chi connectivity index (χ1) is 8.56. The summed E-state index contributed by atoms with van der Waals surface area (Å²) in [6.45, 7) is 6.44. The van der Waals surface area contributed by atoms with Crippen LogP contribution in [0.3, 0.4) is 0 Å². The first-order valence-corrected chi connectivity index (χ1v) is 6.44. The van der Waals surface area contributed by atoms with Crippen molar-refractivity contribution in [1.29, 1.82) is 0 Å². The molecule has 0 atom stereocenters. The molecule has 0 saturated carbocycles. The highest BCUT2D eigenvalue weighted by atomic mass is 15.3. The summed E-state index contributed by atoms with van der Waals surface area (Å²) in [5.41, 5.74) is 12.1. The Morgan fingerprint density at radius 2 is 2.00 bits per heavy atom. The summed E-state index contributed by atoms with van der Waals surface area (Å²) in [6.07, 6.45) is 2.05. The molecule has 18 heavy (non-hydrogen) atoms. The van der Waals surface area contributed by atoms with E-state index in [-0.39, 0.29) is 0 Å². The second kappa shape index (κ2) is 4.84. The molecule has 0 saturated heterocycles. The quantitative estimate of drug-likeness (QED) is 0.899. The molecule has 0 radical (unpaired) electrons. The number of nitrogens with two attached hydrogens (primary N) is 1. The normalized spacial score (nSPS) is 10.9. The monoisotopic (exact) mass is 243 g/mol. The number of hydrogen-bond donors (Lipinski definition) is 1. The van der Waals surface area contributed by atoms with Gasteiger partial charge in [0.15, 0.2) is 0 Å². The fourth-order valence-electron chi connectivity index (χ4n) is 2.30. The van der Waals surface area contributed by atoms with Gasteiger partial charge in [0.25, 0.3) is 0 Å². The smallest absolute Gasteiger partial charge is 0.125 e. The Kier molecular flexibility index (Phi) is 3.41. The highest BCUT2D eigenvalue weighted by molar-refractivity contribution is 5.72. The van der Waals surface area contributed by atoms with E-state index in [1.165, 1.54) is 22.3 Å². The predicted molar refractivity (Wildman–Crippen MR) is 76.5 cm³/mol. The van der Waals surface area contributed by atoms with E-state index in [0.29, 0.717) is 0 Å². The van der Waals surface area contributed by atoms with Gasteiger partial charge in [0.1, 0.15) is 5.82 Å². The zero-order valence-electron chi connectivity index (χ0n) is 11.6. The SMILES string of the molecule is CCCc1c(-c2cccc(C)c2C)nn(C)c1N. The van der Waals surface area contributed by atoms with Gasteiger partial charge in [0, 0.05) is 18.2 Å². The van der Waals surface area contributed by atoms with Crippen LogP contribution in [0.4, 0.5) is 5.82 Å². The molecule has 0 fully saturated rings. The fourth-order valence-corrected chi connectivity index (χ4v) is 2.30. The van der Waals surface area contributed by atoms with Crippen LogP contribution in [0, 0.1) is 13.8 Å². The Morgan fingerprint density at radius 1 is 1.28 bits per heavy atom. The van der Waals surface area contributed by atoms with Crippen LogP contribution in [-0.4, -0.2) is 9.78 Å². The molecule has 3 nitrogen and oxygen atoms in total. The minimum absolute atomic E-state index is 0.785. The molecule has 3 heteroatoms. The van der Waals surface area contributed by atoms with Gasteiger partial charge in [0.2, 0.25) is 0 Å². The average molecular weight is 243 g/mol. The molecule has 0 spiro atoms. The van der Waals surface area contributed by atoms with Gasteiger partial charge in [-0.25, -0.2) is 0 Å². The highest BCUT2D eigenvalue weighted by Crippen LogP contribution is 2.31. The number of benzene rings is 1. The van der Waals surface area contributed by atoms with Crippen LogP contribution in [0.2, 0.25) is 0 Å². The number of aryl methyl sites for hydroxylation is 2. The summed E-state index contributed by atoms with van der Waals surface area (Å²) in [6, 6.07) is 6.34. The molecule has 0 bridgehead atoms. The van der Waals surface area contributed by atoms with E-state index in [4.69, 9.17) is 5.73 Å². The lowest BCUT2D eigenvalue weighted by molar-refractivity contribution is 0.781. The van der Waals surface area contributed by atoms with Crippen LogP contribution in [0.1, 0.15) is 30.0 Å². The summed E-state index contributed by atoms with van der Waals surface area (Å²) in [7, 11) is 1.91. The Balaban J connectivity index is 2.63. The predicted octanol–water partition coefficient (Wildman–Crippen LogP) is 3.24. The second-order valence-corrected chi connectivity index (χ2v) is 4.83. The van der Waals surface area contributed by atoms with E-state index < -0.39 is 0 Å². The first-order valence-electron chi connectivity index (χ1n) is 6.44. The minimum Gasteiger partial charge on any atom is -0.384 e. The summed E-state index contributed by atoms with van der Waals surface area (Å²) in [4.78, 5) is 0. The van der Waals surface area contributed by atoms with Gasteiger partial charge in [0.05, 0.1) is 5.69 Å². The molecule has 1 heterocycles. The summed E-state index contributed by atoms with van der Waals surface area (Å²) in [5.74, 6) is 0.785. The Hall–Kier alpha value is -1.77. The second-order valence-electron chi connectivity index (χ2n) is 4.83. The third-order valence-electron chi connectivity index (χ3n) is 3.55. The fraction of sp³-hybridized carbons (Fsp3) is 0.400. The highest BCUT2D eigenvalue weighted by Gasteiger charge is 2.16. The van der Waals surface area contributed by atoms with Crippen molar-refractivity contribution in [2.45, 2.75) is 33.6 Å². The standard InChI is InChI=1S/C15H21N3/c1-5-7-13-14(17-18(4)15(13)16)12-9-6-8-10(2)11(12)3/h6,8-9H,5,7,16H2,1-4H3. The summed E-state index contributed by atoms with van der Waals surface area (Å²) < 4.78 is 1.78. The van der Waals surface area contributed by atoms with Crippen LogP contribution in [-0.2, 0) is 13.5 Å². The number of nitrogens with zero attached hydrogens (tertiary/aromatic N) is 2. The maximum absolute atomic E-state index is 6.12. The van der Waals surface area contributed by atoms with E-state index in [9.17, 15) is 0 Å². The lowest BCUT2D eigenvalue weighted by atomic mass is 9.97. The lowest BCUT2D eigenvalue weighted by Crippen LogP contribution is -1.99. The van der Waals surface area contributed by atoms with Gasteiger partial charge >= 0.3 is 0 Å². The van der Waals surface area contributed by atoms with Crippen LogP contribution >= 0.6 is 0 Å². The van der Waals surface area contributed by atoms with Crippen molar-refractivity contribution in [2.24, 2.45) is 7.05 Å². The number of rotatable bonds is 3. The Labute approximate surface area is 109 Å². The molecule has 1 aromatic carbocycles. The van der Waals surface area contributed by atoms with Crippen LogP contribution in [0.5, 0.6) is 0 Å². The third-order valence-corrected chi connectivity index (χ3v) is 3.55. The molecule has 2 aromatic rings. The molecule has 0 aliphatic rings. The van der Waals surface area contributed by atoms with E-state index in [1.807, 2.05) is 7.05 Å². The zero-order valence-corrected chi connectivity index (χ0v) is 11.6. The largest absolute Gasteiger partial charge is 0.384 e. The number of aromatic nitrogens is 2. The molecule has 0 unspecified atom stereocenters. The first kappa shape index (κ1) is 12.7. The van der Waals surface area contributed by atoms with Crippen molar-refractivity contribution in [2.75, 3.05) is 5.73 Å². The van der Waals surface area contributed by atoms with Gasteiger partial charge in [-0.05, 0) is 31.4 Å². The van der Waals surface area contributed by atoms with Gasteiger partial charge in [-0.2, -0.15) is 5.10 Å². The molecular weight excluding hydrogens is 222 g/mol. The third kappa shape index (κ3) is 2.01. The molecule has 0 amide bonds. The summed E-state index contributed by atoms with van der Waals surface area (Å²) in [5, 5.41) is 4.59. The van der Waals surface area contributed by atoms with Crippen molar-refractivity contribution in [3.8, 4) is 11.3 Å².